The first kappa shape index (κ1) is 17.2. The summed E-state index contributed by atoms with van der Waals surface area (Å²) < 4.78 is 1.84. The van der Waals surface area contributed by atoms with Crippen LogP contribution in [0.25, 0.3) is 5.69 Å². The smallest absolute Gasteiger partial charge is 0.255 e. The van der Waals surface area contributed by atoms with Crippen LogP contribution in [-0.4, -0.2) is 26.4 Å². The number of aryl methyl sites for hydroxylation is 2. The zero-order valence-corrected chi connectivity index (χ0v) is 15.3. The molecule has 2 heterocycles. The summed E-state index contributed by atoms with van der Waals surface area (Å²) in [5, 5.41) is 8.36. The van der Waals surface area contributed by atoms with Crippen LogP contribution in [0, 0.1) is 13.8 Å². The molecule has 3 rings (SSSR count). The minimum atomic E-state index is -0.158. The van der Waals surface area contributed by atoms with E-state index in [0.717, 1.165) is 33.5 Å². The van der Waals surface area contributed by atoms with Crippen molar-refractivity contribution in [2.75, 3.05) is 11.1 Å². The average Bonchev–Trinajstić information content (AvgIpc) is 2.94. The van der Waals surface area contributed by atoms with Crippen LogP contribution in [0.15, 0.2) is 53.7 Å². The van der Waals surface area contributed by atoms with Gasteiger partial charge in [-0.15, -0.1) is 11.8 Å². The number of rotatable bonds is 5. The molecule has 0 atom stereocenters. The van der Waals surface area contributed by atoms with Gasteiger partial charge in [-0.1, -0.05) is 19.1 Å². The van der Waals surface area contributed by atoms with Gasteiger partial charge >= 0.3 is 0 Å². The Morgan fingerprint density at radius 3 is 2.72 bits per heavy atom. The lowest BCUT2D eigenvalue weighted by atomic mass is 10.2. The minimum Gasteiger partial charge on any atom is -0.320 e. The predicted molar refractivity (Wildman–Crippen MR) is 102 cm³/mol. The van der Waals surface area contributed by atoms with Gasteiger partial charge in [-0.2, -0.15) is 5.10 Å². The first-order valence-corrected chi connectivity index (χ1v) is 9.10. The SMILES string of the molecule is CCSc1cc(C(=O)Nc2ccccc2-n2nc(C)cc2C)ccn1. The van der Waals surface area contributed by atoms with Gasteiger partial charge in [0.05, 0.1) is 22.1 Å². The number of nitrogens with one attached hydrogen (secondary N) is 1. The van der Waals surface area contributed by atoms with E-state index in [0.29, 0.717) is 5.56 Å². The molecule has 6 heteroatoms. The van der Waals surface area contributed by atoms with Gasteiger partial charge in [0, 0.05) is 17.5 Å². The summed E-state index contributed by atoms with van der Waals surface area (Å²) in [7, 11) is 0. The van der Waals surface area contributed by atoms with Crippen molar-refractivity contribution in [3.05, 3.63) is 65.6 Å². The van der Waals surface area contributed by atoms with Crippen LogP contribution in [-0.2, 0) is 0 Å². The maximum atomic E-state index is 12.7. The number of hydrogen-bond acceptors (Lipinski definition) is 4. The molecule has 0 saturated heterocycles. The lowest BCUT2D eigenvalue weighted by Gasteiger charge is -2.12. The van der Waals surface area contributed by atoms with E-state index in [1.54, 1.807) is 24.0 Å². The first-order valence-electron chi connectivity index (χ1n) is 8.11. The van der Waals surface area contributed by atoms with E-state index < -0.39 is 0 Å². The molecule has 0 aliphatic carbocycles. The van der Waals surface area contributed by atoms with Gasteiger partial charge in [0.25, 0.3) is 5.91 Å². The summed E-state index contributed by atoms with van der Waals surface area (Å²) in [4.78, 5) is 16.9. The lowest BCUT2D eigenvalue weighted by molar-refractivity contribution is 0.102. The molecular formula is C19H20N4OS. The molecule has 0 bridgehead atoms. The van der Waals surface area contributed by atoms with Gasteiger partial charge in [-0.05, 0) is 49.9 Å². The van der Waals surface area contributed by atoms with Crippen molar-refractivity contribution in [3.8, 4) is 5.69 Å². The summed E-state index contributed by atoms with van der Waals surface area (Å²) in [5.41, 5.74) is 4.12. The number of benzene rings is 1. The number of pyridine rings is 1. The summed E-state index contributed by atoms with van der Waals surface area (Å²) in [5.74, 6) is 0.757. The standard InChI is InChI=1S/C19H20N4OS/c1-4-25-18-12-15(9-10-20-18)19(24)21-16-7-5-6-8-17(16)23-14(3)11-13(2)22-23/h5-12H,4H2,1-3H3,(H,21,24). The molecule has 0 spiro atoms. The lowest BCUT2D eigenvalue weighted by Crippen LogP contribution is -2.14. The molecule has 5 nitrogen and oxygen atoms in total. The Hall–Kier alpha value is -2.60. The average molecular weight is 352 g/mol. The fourth-order valence-electron chi connectivity index (χ4n) is 2.61. The fourth-order valence-corrected chi connectivity index (χ4v) is 3.25. The van der Waals surface area contributed by atoms with Crippen LogP contribution in [0.4, 0.5) is 5.69 Å². The Morgan fingerprint density at radius 1 is 1.20 bits per heavy atom. The zero-order chi connectivity index (χ0) is 17.8. The first-order chi connectivity index (χ1) is 12.1. The van der Waals surface area contributed by atoms with E-state index in [-0.39, 0.29) is 5.91 Å². The van der Waals surface area contributed by atoms with Crippen molar-refractivity contribution < 1.29 is 4.79 Å². The Bertz CT molecular complexity index is 904. The molecule has 25 heavy (non-hydrogen) atoms. The normalized spacial score (nSPS) is 10.7. The Kier molecular flexibility index (Phi) is 5.19. The molecular weight excluding hydrogens is 332 g/mol. The number of aromatic nitrogens is 3. The van der Waals surface area contributed by atoms with Gasteiger partial charge in [0.1, 0.15) is 0 Å². The largest absolute Gasteiger partial charge is 0.320 e. The molecule has 1 aromatic carbocycles. The number of hydrogen-bond donors (Lipinski definition) is 1. The van der Waals surface area contributed by atoms with Gasteiger partial charge in [0.15, 0.2) is 0 Å². The fraction of sp³-hybridized carbons (Fsp3) is 0.211. The highest BCUT2D eigenvalue weighted by Crippen LogP contribution is 2.23. The van der Waals surface area contributed by atoms with Crippen LogP contribution >= 0.6 is 11.8 Å². The van der Waals surface area contributed by atoms with Crippen molar-refractivity contribution >= 4 is 23.4 Å². The van der Waals surface area contributed by atoms with Crippen molar-refractivity contribution in [1.82, 2.24) is 14.8 Å². The molecule has 0 aliphatic rings. The quantitative estimate of drug-likeness (QED) is 0.698. The molecule has 0 radical (unpaired) electrons. The number of para-hydroxylation sites is 2. The number of thioether (sulfide) groups is 1. The summed E-state index contributed by atoms with van der Waals surface area (Å²) in [6.07, 6.45) is 1.67. The van der Waals surface area contributed by atoms with Crippen LogP contribution in [0.2, 0.25) is 0 Å². The second-order valence-electron chi connectivity index (χ2n) is 5.63. The molecule has 1 N–H and O–H groups in total. The van der Waals surface area contributed by atoms with Crippen molar-refractivity contribution in [3.63, 3.8) is 0 Å². The van der Waals surface area contributed by atoms with Gasteiger partial charge in [0.2, 0.25) is 0 Å². The molecule has 2 aromatic heterocycles. The zero-order valence-electron chi connectivity index (χ0n) is 14.5. The number of carbonyl (C=O) groups is 1. The third-order valence-electron chi connectivity index (χ3n) is 3.68. The van der Waals surface area contributed by atoms with Crippen LogP contribution < -0.4 is 5.32 Å². The van der Waals surface area contributed by atoms with Crippen LogP contribution in [0.1, 0.15) is 28.7 Å². The van der Waals surface area contributed by atoms with E-state index in [1.807, 2.05) is 54.9 Å². The van der Waals surface area contributed by atoms with E-state index in [2.05, 4.69) is 22.3 Å². The van der Waals surface area contributed by atoms with Gasteiger partial charge in [-0.25, -0.2) is 9.67 Å². The molecule has 0 aliphatic heterocycles. The Balaban J connectivity index is 1.90. The second-order valence-corrected chi connectivity index (χ2v) is 6.91. The second kappa shape index (κ2) is 7.53. The minimum absolute atomic E-state index is 0.158. The van der Waals surface area contributed by atoms with Crippen molar-refractivity contribution in [2.24, 2.45) is 0 Å². The highest BCUT2D eigenvalue weighted by Gasteiger charge is 2.13. The van der Waals surface area contributed by atoms with Crippen molar-refractivity contribution in [2.45, 2.75) is 25.8 Å². The number of anilines is 1. The van der Waals surface area contributed by atoms with E-state index in [1.165, 1.54) is 0 Å². The number of carbonyl (C=O) groups excluding carboxylic acids is 1. The predicted octanol–water partition coefficient (Wildman–Crippen LogP) is 4.25. The molecule has 3 aromatic rings. The van der Waals surface area contributed by atoms with E-state index in [4.69, 9.17) is 0 Å². The summed E-state index contributed by atoms with van der Waals surface area (Å²) >= 11 is 1.61. The van der Waals surface area contributed by atoms with E-state index in [9.17, 15) is 4.79 Å². The third kappa shape index (κ3) is 3.91. The third-order valence-corrected chi connectivity index (χ3v) is 4.49. The molecule has 128 valence electrons. The molecule has 0 fully saturated rings. The Morgan fingerprint density at radius 2 is 2.00 bits per heavy atom. The summed E-state index contributed by atoms with van der Waals surface area (Å²) in [6, 6.07) is 13.2. The molecule has 1 amide bonds. The summed E-state index contributed by atoms with van der Waals surface area (Å²) in [6.45, 7) is 6.01. The molecule has 0 unspecified atom stereocenters. The topological polar surface area (TPSA) is 59.8 Å². The number of nitrogens with zero attached hydrogens (tertiary/aromatic N) is 3. The maximum Gasteiger partial charge on any atom is 0.255 e. The molecule has 0 saturated carbocycles. The number of amides is 1. The van der Waals surface area contributed by atoms with Gasteiger partial charge < -0.3 is 5.32 Å². The monoisotopic (exact) mass is 352 g/mol. The highest BCUT2D eigenvalue weighted by molar-refractivity contribution is 7.99. The van der Waals surface area contributed by atoms with Crippen LogP contribution in [0.5, 0.6) is 0 Å². The Labute approximate surface area is 151 Å². The maximum absolute atomic E-state index is 12.7. The highest BCUT2D eigenvalue weighted by atomic mass is 32.2. The van der Waals surface area contributed by atoms with Crippen LogP contribution in [0.3, 0.4) is 0 Å². The van der Waals surface area contributed by atoms with Gasteiger partial charge in [-0.3, -0.25) is 4.79 Å². The van der Waals surface area contributed by atoms with Crippen molar-refractivity contribution in [1.29, 1.82) is 0 Å². The van der Waals surface area contributed by atoms with E-state index >= 15 is 0 Å².